The van der Waals surface area contributed by atoms with Crippen LogP contribution in [0, 0.1) is 0 Å². The number of benzene rings is 2. The molecule has 3 rings (SSSR count). The van der Waals surface area contributed by atoms with Crippen molar-refractivity contribution in [2.24, 2.45) is 0 Å². The highest BCUT2D eigenvalue weighted by atomic mass is 16.5. The summed E-state index contributed by atoms with van der Waals surface area (Å²) in [7, 11) is 0. The van der Waals surface area contributed by atoms with Crippen molar-refractivity contribution in [3.8, 4) is 11.1 Å². The maximum atomic E-state index is 12.8. The number of ether oxygens (including phenoxy) is 1. The van der Waals surface area contributed by atoms with Crippen LogP contribution in [-0.4, -0.2) is 29.3 Å². The predicted molar refractivity (Wildman–Crippen MR) is 118 cm³/mol. The highest BCUT2D eigenvalue weighted by Crippen LogP contribution is 2.44. The predicted octanol–water partition coefficient (Wildman–Crippen LogP) is 5.73. The summed E-state index contributed by atoms with van der Waals surface area (Å²) in [4.78, 5) is 23.9. The fourth-order valence-corrected chi connectivity index (χ4v) is 4.72. The van der Waals surface area contributed by atoms with E-state index in [0.29, 0.717) is 6.42 Å². The van der Waals surface area contributed by atoms with E-state index in [4.69, 9.17) is 9.84 Å². The number of carbonyl (C=O) groups excluding carboxylic acids is 1. The van der Waals surface area contributed by atoms with E-state index in [1.807, 2.05) is 38.1 Å². The van der Waals surface area contributed by atoms with E-state index in [2.05, 4.69) is 29.6 Å². The molecule has 1 amide bonds. The average molecular weight is 410 g/mol. The Labute approximate surface area is 178 Å². The largest absolute Gasteiger partial charge is 0.481 e. The van der Waals surface area contributed by atoms with Gasteiger partial charge in [0.15, 0.2) is 0 Å². The molecule has 2 aromatic carbocycles. The fraction of sp³-hybridized carbons (Fsp3) is 0.440. The second kappa shape index (κ2) is 9.79. The summed E-state index contributed by atoms with van der Waals surface area (Å²) < 4.78 is 5.70. The zero-order valence-corrected chi connectivity index (χ0v) is 17.8. The first-order valence-electron chi connectivity index (χ1n) is 10.8. The van der Waals surface area contributed by atoms with Crippen LogP contribution >= 0.6 is 0 Å². The van der Waals surface area contributed by atoms with Crippen LogP contribution < -0.4 is 5.32 Å². The SMILES string of the molecule is CCCC(CCC)(CCC(=O)O)NC(=O)OCC1c2ccccc2-c2ccccc21. The average Bonchev–Trinajstić information content (AvgIpc) is 3.05. The standard InChI is InChI=1S/C25H31NO4/c1-3-14-25(15-4-2,16-13-23(27)28)26-24(29)30-17-22-20-11-7-5-9-18(20)19-10-6-8-12-21(19)22/h5-12,22H,3-4,13-17H2,1-2H3,(H,26,29)(H,27,28). The zero-order chi connectivity index (χ0) is 21.6. The molecule has 0 unspecified atom stereocenters. The molecule has 30 heavy (non-hydrogen) atoms. The molecule has 0 radical (unpaired) electrons. The van der Waals surface area contributed by atoms with E-state index >= 15 is 0 Å². The van der Waals surface area contributed by atoms with Crippen LogP contribution in [0.5, 0.6) is 0 Å². The van der Waals surface area contributed by atoms with E-state index in [0.717, 1.165) is 25.7 Å². The van der Waals surface area contributed by atoms with E-state index in [-0.39, 0.29) is 18.9 Å². The van der Waals surface area contributed by atoms with E-state index in [1.165, 1.54) is 22.3 Å². The minimum Gasteiger partial charge on any atom is -0.481 e. The molecule has 0 fully saturated rings. The Hall–Kier alpha value is -2.82. The summed E-state index contributed by atoms with van der Waals surface area (Å²) in [6.07, 6.45) is 3.17. The Bertz CT molecular complexity index is 841. The molecule has 5 nitrogen and oxygen atoms in total. The van der Waals surface area contributed by atoms with Crippen LogP contribution in [-0.2, 0) is 9.53 Å². The number of alkyl carbamates (subject to hydrolysis) is 1. The van der Waals surface area contributed by atoms with Crippen molar-refractivity contribution in [2.75, 3.05) is 6.61 Å². The van der Waals surface area contributed by atoms with Gasteiger partial charge in [-0.15, -0.1) is 0 Å². The van der Waals surface area contributed by atoms with Crippen molar-refractivity contribution in [1.82, 2.24) is 5.32 Å². The molecule has 0 saturated carbocycles. The summed E-state index contributed by atoms with van der Waals surface area (Å²) in [5.41, 5.74) is 4.19. The van der Waals surface area contributed by atoms with Crippen molar-refractivity contribution >= 4 is 12.1 Å². The van der Waals surface area contributed by atoms with Gasteiger partial charge in [0.2, 0.25) is 0 Å². The number of nitrogens with one attached hydrogen (secondary N) is 1. The molecule has 0 spiro atoms. The third-order valence-corrected chi connectivity index (χ3v) is 5.99. The number of rotatable bonds is 10. The van der Waals surface area contributed by atoms with Gasteiger partial charge in [0.25, 0.3) is 0 Å². The minimum atomic E-state index is -0.846. The normalized spacial score (nSPS) is 12.9. The van der Waals surface area contributed by atoms with Gasteiger partial charge in [-0.25, -0.2) is 4.79 Å². The van der Waals surface area contributed by atoms with Gasteiger partial charge in [0.05, 0.1) is 0 Å². The maximum absolute atomic E-state index is 12.8. The van der Waals surface area contributed by atoms with Gasteiger partial charge >= 0.3 is 12.1 Å². The molecular formula is C25H31NO4. The quantitative estimate of drug-likeness (QED) is 0.525. The molecule has 2 N–H and O–H groups in total. The van der Waals surface area contributed by atoms with Crippen LogP contribution in [0.4, 0.5) is 4.79 Å². The van der Waals surface area contributed by atoms with Gasteiger partial charge < -0.3 is 15.2 Å². The number of aliphatic carboxylic acids is 1. The Morgan fingerprint density at radius 3 is 1.97 bits per heavy atom. The topological polar surface area (TPSA) is 75.6 Å². The zero-order valence-electron chi connectivity index (χ0n) is 17.8. The molecule has 0 heterocycles. The number of amides is 1. The van der Waals surface area contributed by atoms with Crippen molar-refractivity contribution in [1.29, 1.82) is 0 Å². The van der Waals surface area contributed by atoms with Crippen LogP contribution in [0.1, 0.15) is 69.4 Å². The second-order valence-corrected chi connectivity index (χ2v) is 8.12. The summed E-state index contributed by atoms with van der Waals surface area (Å²) in [6, 6.07) is 16.5. The van der Waals surface area contributed by atoms with Gasteiger partial charge in [-0.3, -0.25) is 4.79 Å². The van der Waals surface area contributed by atoms with Crippen molar-refractivity contribution in [2.45, 2.75) is 63.8 Å². The van der Waals surface area contributed by atoms with Gasteiger partial charge in [0, 0.05) is 17.9 Å². The smallest absolute Gasteiger partial charge is 0.407 e. The lowest BCUT2D eigenvalue weighted by atomic mass is 9.84. The third-order valence-electron chi connectivity index (χ3n) is 5.99. The lowest BCUT2D eigenvalue weighted by molar-refractivity contribution is -0.137. The van der Waals surface area contributed by atoms with Gasteiger partial charge in [-0.2, -0.15) is 0 Å². The van der Waals surface area contributed by atoms with E-state index in [1.54, 1.807) is 0 Å². The number of hydrogen-bond donors (Lipinski definition) is 2. The van der Waals surface area contributed by atoms with Crippen LogP contribution in [0.15, 0.2) is 48.5 Å². The van der Waals surface area contributed by atoms with E-state index in [9.17, 15) is 9.59 Å². The molecular weight excluding hydrogens is 378 g/mol. The van der Waals surface area contributed by atoms with E-state index < -0.39 is 17.6 Å². The summed E-state index contributed by atoms with van der Waals surface area (Å²) in [5.74, 6) is -0.838. The highest BCUT2D eigenvalue weighted by Gasteiger charge is 2.33. The van der Waals surface area contributed by atoms with Gasteiger partial charge in [-0.05, 0) is 41.5 Å². The molecule has 0 aliphatic heterocycles. The Morgan fingerprint density at radius 1 is 0.933 bits per heavy atom. The molecule has 1 aliphatic carbocycles. The minimum absolute atomic E-state index is 0.00826. The molecule has 0 atom stereocenters. The van der Waals surface area contributed by atoms with Crippen LogP contribution in [0.3, 0.4) is 0 Å². The highest BCUT2D eigenvalue weighted by molar-refractivity contribution is 5.79. The molecule has 5 heteroatoms. The van der Waals surface area contributed by atoms with Crippen molar-refractivity contribution in [3.05, 3.63) is 59.7 Å². The van der Waals surface area contributed by atoms with Gasteiger partial charge in [0.1, 0.15) is 6.61 Å². The molecule has 0 bridgehead atoms. The first-order valence-corrected chi connectivity index (χ1v) is 10.8. The lowest BCUT2D eigenvalue weighted by Gasteiger charge is -2.34. The van der Waals surface area contributed by atoms with Gasteiger partial charge in [-0.1, -0.05) is 75.2 Å². The number of carbonyl (C=O) groups is 2. The first kappa shape index (κ1) is 21.9. The number of carboxylic acids is 1. The molecule has 1 aliphatic rings. The number of carboxylic acid groups (broad SMARTS) is 1. The molecule has 0 aromatic heterocycles. The lowest BCUT2D eigenvalue weighted by Crippen LogP contribution is -2.49. The Balaban J connectivity index is 1.72. The number of fused-ring (bicyclic) bond motifs is 3. The van der Waals surface area contributed by atoms with Crippen LogP contribution in [0.25, 0.3) is 11.1 Å². The monoisotopic (exact) mass is 409 g/mol. The fourth-order valence-electron chi connectivity index (χ4n) is 4.72. The summed E-state index contributed by atoms with van der Waals surface area (Å²) in [6.45, 7) is 4.35. The summed E-state index contributed by atoms with van der Waals surface area (Å²) in [5, 5.41) is 12.2. The Kier molecular flexibility index (Phi) is 7.14. The van der Waals surface area contributed by atoms with Crippen molar-refractivity contribution in [3.63, 3.8) is 0 Å². The summed E-state index contributed by atoms with van der Waals surface area (Å²) >= 11 is 0. The first-order chi connectivity index (χ1) is 14.5. The Morgan fingerprint density at radius 2 is 1.47 bits per heavy atom. The maximum Gasteiger partial charge on any atom is 0.407 e. The third kappa shape index (κ3) is 4.84. The molecule has 0 saturated heterocycles. The number of hydrogen-bond acceptors (Lipinski definition) is 3. The molecule has 160 valence electrons. The van der Waals surface area contributed by atoms with Crippen molar-refractivity contribution < 1.29 is 19.4 Å². The second-order valence-electron chi connectivity index (χ2n) is 8.12. The molecule has 2 aromatic rings. The van der Waals surface area contributed by atoms with Crippen LogP contribution in [0.2, 0.25) is 0 Å².